The summed E-state index contributed by atoms with van der Waals surface area (Å²) in [7, 11) is 0. The molecule has 31 heavy (non-hydrogen) atoms. The Hall–Kier alpha value is -3.43. The lowest BCUT2D eigenvalue weighted by Crippen LogP contribution is -2.27. The fraction of sp³-hybridized carbons (Fsp3) is 0.381. The van der Waals surface area contributed by atoms with Crippen LogP contribution in [0.25, 0.3) is 0 Å². The van der Waals surface area contributed by atoms with Crippen molar-refractivity contribution < 1.29 is 37.4 Å². The highest BCUT2D eigenvalue weighted by atomic mass is 19.1. The first-order valence-electron chi connectivity index (χ1n) is 9.54. The monoisotopic (exact) mass is 438 g/mol. The maximum atomic E-state index is 13.6. The van der Waals surface area contributed by atoms with E-state index in [0.29, 0.717) is 6.61 Å². The van der Waals surface area contributed by atoms with Crippen LogP contribution in [0.2, 0.25) is 0 Å². The summed E-state index contributed by atoms with van der Waals surface area (Å²) < 4.78 is 40.6. The molecule has 0 radical (unpaired) electrons. The van der Waals surface area contributed by atoms with Gasteiger partial charge in [0.1, 0.15) is 17.3 Å². The van der Waals surface area contributed by atoms with Gasteiger partial charge in [0.15, 0.2) is 5.92 Å². The fourth-order valence-electron chi connectivity index (χ4n) is 2.28. The quantitative estimate of drug-likeness (QED) is 0.352. The lowest BCUT2D eigenvalue weighted by atomic mass is 10.0. The van der Waals surface area contributed by atoms with Crippen molar-refractivity contribution in [2.24, 2.45) is 0 Å². The summed E-state index contributed by atoms with van der Waals surface area (Å²) in [5, 5.41) is 0. The number of rotatable bonds is 8. The van der Waals surface area contributed by atoms with Crippen LogP contribution in [-0.4, -0.2) is 47.7 Å². The standard InChI is InChI=1S/C12H14FNO4.C9H10FNO2/c1-3-17-11(15)9(12(16)18-4-2)10-8(13)6-5-7-14-10;1-2-13-9(12)6-8-7(10)4-3-5-11-8/h5-7,9H,3-4H2,1-2H3;3-5H,2,6H2,1H3. The van der Waals surface area contributed by atoms with E-state index in [9.17, 15) is 23.2 Å². The van der Waals surface area contributed by atoms with E-state index in [1.165, 1.54) is 30.6 Å². The molecule has 0 amide bonds. The Morgan fingerprint density at radius 2 is 1.35 bits per heavy atom. The van der Waals surface area contributed by atoms with Gasteiger partial charge in [0.05, 0.1) is 31.9 Å². The van der Waals surface area contributed by atoms with Gasteiger partial charge in [-0.05, 0) is 45.0 Å². The van der Waals surface area contributed by atoms with Crippen molar-refractivity contribution in [3.8, 4) is 0 Å². The van der Waals surface area contributed by atoms with Gasteiger partial charge >= 0.3 is 17.9 Å². The van der Waals surface area contributed by atoms with Crippen LogP contribution in [0.5, 0.6) is 0 Å². The van der Waals surface area contributed by atoms with E-state index in [1.807, 2.05) is 0 Å². The number of esters is 3. The van der Waals surface area contributed by atoms with E-state index in [1.54, 1.807) is 20.8 Å². The molecular weight excluding hydrogens is 414 g/mol. The minimum Gasteiger partial charge on any atom is -0.466 e. The Morgan fingerprint density at radius 3 is 1.84 bits per heavy atom. The molecule has 8 nitrogen and oxygen atoms in total. The SMILES string of the molecule is CCOC(=O)C(C(=O)OCC)c1ncccc1F.CCOC(=O)Cc1ncccc1F. The number of aromatic nitrogens is 2. The van der Waals surface area contributed by atoms with Crippen molar-refractivity contribution in [2.45, 2.75) is 33.1 Å². The first kappa shape index (κ1) is 25.6. The van der Waals surface area contributed by atoms with Crippen LogP contribution in [0.15, 0.2) is 36.7 Å². The molecule has 0 aromatic carbocycles. The summed E-state index contributed by atoms with van der Waals surface area (Å²) in [6.45, 7) is 5.36. The average Bonchev–Trinajstić information content (AvgIpc) is 2.72. The average molecular weight is 438 g/mol. The first-order valence-corrected chi connectivity index (χ1v) is 9.54. The topological polar surface area (TPSA) is 105 Å². The Balaban J connectivity index is 0.000000327. The normalized spacial score (nSPS) is 10.0. The third-order valence-corrected chi connectivity index (χ3v) is 3.56. The summed E-state index contributed by atoms with van der Waals surface area (Å²) in [5.74, 6) is -4.90. The molecule has 168 valence electrons. The van der Waals surface area contributed by atoms with Crippen LogP contribution in [0.1, 0.15) is 38.1 Å². The lowest BCUT2D eigenvalue weighted by molar-refractivity contribution is -0.157. The van der Waals surface area contributed by atoms with Crippen molar-refractivity contribution in [2.75, 3.05) is 19.8 Å². The molecule has 0 aliphatic heterocycles. The van der Waals surface area contributed by atoms with Crippen molar-refractivity contribution in [1.29, 1.82) is 0 Å². The Kier molecular flexibility index (Phi) is 11.3. The van der Waals surface area contributed by atoms with Gasteiger partial charge in [-0.15, -0.1) is 0 Å². The largest absolute Gasteiger partial charge is 0.466 e. The number of hydrogen-bond donors (Lipinski definition) is 0. The zero-order valence-corrected chi connectivity index (χ0v) is 17.5. The number of halogens is 2. The molecule has 0 saturated heterocycles. The van der Waals surface area contributed by atoms with E-state index in [2.05, 4.69) is 14.7 Å². The second kappa shape index (κ2) is 13.7. The number of ether oxygens (including phenoxy) is 3. The maximum absolute atomic E-state index is 13.6. The van der Waals surface area contributed by atoms with E-state index >= 15 is 0 Å². The van der Waals surface area contributed by atoms with Crippen LogP contribution >= 0.6 is 0 Å². The van der Waals surface area contributed by atoms with Crippen LogP contribution in [0.4, 0.5) is 8.78 Å². The van der Waals surface area contributed by atoms with Gasteiger partial charge in [0.2, 0.25) is 0 Å². The molecule has 2 heterocycles. The molecule has 0 aliphatic carbocycles. The van der Waals surface area contributed by atoms with Gasteiger partial charge in [-0.1, -0.05) is 0 Å². The molecule has 2 rings (SSSR count). The Bertz CT molecular complexity index is 860. The Labute approximate surface area is 178 Å². The van der Waals surface area contributed by atoms with Crippen LogP contribution in [0, 0.1) is 11.6 Å². The molecule has 0 aliphatic rings. The molecule has 0 saturated carbocycles. The predicted octanol–water partition coefficient (Wildman–Crippen LogP) is 2.76. The number of nitrogens with zero attached hydrogens (tertiary/aromatic N) is 2. The summed E-state index contributed by atoms with van der Waals surface area (Å²) in [6, 6.07) is 5.23. The molecule has 0 fully saturated rings. The summed E-state index contributed by atoms with van der Waals surface area (Å²) >= 11 is 0. The molecule has 0 N–H and O–H groups in total. The molecular formula is C21H24F2N2O6. The van der Waals surface area contributed by atoms with Crippen molar-refractivity contribution in [3.05, 3.63) is 59.7 Å². The van der Waals surface area contributed by atoms with Gasteiger partial charge in [0.25, 0.3) is 0 Å². The van der Waals surface area contributed by atoms with Gasteiger partial charge in [0, 0.05) is 12.4 Å². The number of hydrogen-bond acceptors (Lipinski definition) is 8. The van der Waals surface area contributed by atoms with E-state index in [0.717, 1.165) is 6.07 Å². The highest BCUT2D eigenvalue weighted by Crippen LogP contribution is 2.20. The zero-order chi connectivity index (χ0) is 23.2. The van der Waals surface area contributed by atoms with Crippen LogP contribution < -0.4 is 0 Å². The smallest absolute Gasteiger partial charge is 0.326 e. The summed E-state index contributed by atoms with van der Waals surface area (Å²) in [5.41, 5.74) is -0.157. The molecule has 0 atom stereocenters. The predicted molar refractivity (Wildman–Crippen MR) is 105 cm³/mol. The second-order valence-corrected chi connectivity index (χ2v) is 5.72. The highest BCUT2D eigenvalue weighted by Gasteiger charge is 2.34. The number of carbonyl (C=O) groups is 3. The molecule has 2 aromatic heterocycles. The molecule has 0 spiro atoms. The summed E-state index contributed by atoms with van der Waals surface area (Å²) in [6.07, 6.45) is 2.63. The van der Waals surface area contributed by atoms with Crippen LogP contribution in [-0.2, 0) is 35.0 Å². The van der Waals surface area contributed by atoms with E-state index in [4.69, 9.17) is 9.47 Å². The van der Waals surface area contributed by atoms with Crippen molar-refractivity contribution >= 4 is 17.9 Å². The third kappa shape index (κ3) is 8.45. The maximum Gasteiger partial charge on any atom is 0.326 e. The first-order chi connectivity index (χ1) is 14.8. The van der Waals surface area contributed by atoms with Crippen LogP contribution in [0.3, 0.4) is 0 Å². The minimum atomic E-state index is -1.48. The second-order valence-electron chi connectivity index (χ2n) is 5.72. The summed E-state index contributed by atoms with van der Waals surface area (Å²) in [4.78, 5) is 41.7. The third-order valence-electron chi connectivity index (χ3n) is 3.56. The lowest BCUT2D eigenvalue weighted by Gasteiger charge is -2.14. The van der Waals surface area contributed by atoms with Gasteiger partial charge in [-0.25, -0.2) is 8.78 Å². The zero-order valence-electron chi connectivity index (χ0n) is 17.5. The van der Waals surface area contributed by atoms with E-state index in [-0.39, 0.29) is 31.0 Å². The van der Waals surface area contributed by atoms with Gasteiger partial charge in [-0.3, -0.25) is 24.4 Å². The van der Waals surface area contributed by atoms with E-state index < -0.39 is 35.5 Å². The van der Waals surface area contributed by atoms with Crippen molar-refractivity contribution in [3.63, 3.8) is 0 Å². The van der Waals surface area contributed by atoms with Gasteiger partial charge in [-0.2, -0.15) is 0 Å². The van der Waals surface area contributed by atoms with Crippen molar-refractivity contribution in [1.82, 2.24) is 9.97 Å². The Morgan fingerprint density at radius 1 is 0.839 bits per heavy atom. The number of carbonyl (C=O) groups excluding carboxylic acids is 3. The highest BCUT2D eigenvalue weighted by molar-refractivity contribution is 6.00. The number of pyridine rings is 2. The molecule has 2 aromatic rings. The van der Waals surface area contributed by atoms with Gasteiger partial charge < -0.3 is 14.2 Å². The minimum absolute atomic E-state index is 0.0865. The molecule has 10 heteroatoms. The fourth-order valence-corrected chi connectivity index (χ4v) is 2.28. The molecule has 0 bridgehead atoms. The molecule has 0 unspecified atom stereocenters.